The van der Waals surface area contributed by atoms with Crippen molar-refractivity contribution in [3.63, 3.8) is 0 Å². The molecule has 0 aliphatic heterocycles. The van der Waals surface area contributed by atoms with Crippen molar-refractivity contribution < 1.29 is 9.59 Å². The van der Waals surface area contributed by atoms with Gasteiger partial charge in [0.1, 0.15) is 0 Å². The summed E-state index contributed by atoms with van der Waals surface area (Å²) in [6.45, 7) is 3.74. The molecule has 0 aliphatic rings. The van der Waals surface area contributed by atoms with Gasteiger partial charge in [-0.1, -0.05) is 11.3 Å². The highest BCUT2D eigenvalue weighted by Crippen LogP contribution is 2.18. The first-order valence-electron chi connectivity index (χ1n) is 7.86. The Hall–Kier alpha value is -3.29. The number of fused-ring (bicyclic) bond motifs is 1. The van der Waals surface area contributed by atoms with E-state index in [1.807, 2.05) is 30.3 Å². The molecular weight excluding hydrogens is 320 g/mol. The van der Waals surface area contributed by atoms with Crippen molar-refractivity contribution in [3.8, 4) is 5.69 Å². The normalized spacial score (nSPS) is 10.8. The van der Waals surface area contributed by atoms with Crippen molar-refractivity contribution in [3.05, 3.63) is 47.9 Å². The van der Waals surface area contributed by atoms with Gasteiger partial charge in [0.05, 0.1) is 23.4 Å². The average Bonchev–Trinajstić information content (AvgIpc) is 3.00. The van der Waals surface area contributed by atoms with Crippen molar-refractivity contribution in [1.29, 1.82) is 0 Å². The van der Waals surface area contributed by atoms with E-state index in [0.29, 0.717) is 12.2 Å². The highest BCUT2D eigenvalue weighted by molar-refractivity contribution is 5.95. The third kappa shape index (κ3) is 3.18. The quantitative estimate of drug-likeness (QED) is 0.749. The van der Waals surface area contributed by atoms with Gasteiger partial charge in [0.25, 0.3) is 5.91 Å². The number of carbonyl (C=O) groups excluding carboxylic acids is 2. The van der Waals surface area contributed by atoms with Crippen LogP contribution in [0.2, 0.25) is 0 Å². The van der Waals surface area contributed by atoms with E-state index in [1.54, 1.807) is 24.7 Å². The summed E-state index contributed by atoms with van der Waals surface area (Å²) >= 11 is 0. The fraction of sp³-hybridized carbons (Fsp3) is 0.235. The molecule has 0 atom stereocenters. The van der Waals surface area contributed by atoms with Gasteiger partial charge in [0, 0.05) is 18.1 Å². The first kappa shape index (κ1) is 16.6. The van der Waals surface area contributed by atoms with Crippen molar-refractivity contribution in [1.82, 2.24) is 24.9 Å². The molecule has 0 saturated carbocycles. The Morgan fingerprint density at radius 3 is 2.80 bits per heavy atom. The van der Waals surface area contributed by atoms with Crippen LogP contribution in [0.15, 0.2) is 36.5 Å². The highest BCUT2D eigenvalue weighted by Gasteiger charge is 2.23. The molecule has 2 aromatic heterocycles. The van der Waals surface area contributed by atoms with Gasteiger partial charge in [-0.2, -0.15) is 0 Å². The minimum absolute atomic E-state index is 0.150. The standard InChI is InChI=1S/C17H18N6O2/c1-3-22(10-15(18)24)17(25)16-11(2)23(21-20-16)13-6-7-14-12(9-13)5-4-8-19-14/h4-9H,3,10H2,1-2H3,(H2,18,24). The molecule has 2 N–H and O–H groups in total. The minimum atomic E-state index is -0.567. The third-order valence-electron chi connectivity index (χ3n) is 3.94. The topological polar surface area (TPSA) is 107 Å². The summed E-state index contributed by atoms with van der Waals surface area (Å²) in [4.78, 5) is 29.3. The number of nitrogens with zero attached hydrogens (tertiary/aromatic N) is 5. The van der Waals surface area contributed by atoms with Gasteiger partial charge in [-0.25, -0.2) is 4.68 Å². The maximum atomic E-state index is 12.6. The smallest absolute Gasteiger partial charge is 0.276 e. The number of hydrogen-bond acceptors (Lipinski definition) is 5. The number of benzene rings is 1. The zero-order valence-electron chi connectivity index (χ0n) is 14.0. The lowest BCUT2D eigenvalue weighted by atomic mass is 10.2. The fourth-order valence-electron chi connectivity index (χ4n) is 2.63. The van der Waals surface area contributed by atoms with E-state index >= 15 is 0 Å². The zero-order valence-corrected chi connectivity index (χ0v) is 14.0. The molecule has 3 rings (SSSR count). The van der Waals surface area contributed by atoms with Crippen molar-refractivity contribution in [2.75, 3.05) is 13.1 Å². The van der Waals surface area contributed by atoms with E-state index in [0.717, 1.165) is 16.6 Å². The lowest BCUT2D eigenvalue weighted by Crippen LogP contribution is -2.38. The molecule has 8 nitrogen and oxygen atoms in total. The Bertz CT molecular complexity index is 949. The predicted molar refractivity (Wildman–Crippen MR) is 92.2 cm³/mol. The average molecular weight is 338 g/mol. The van der Waals surface area contributed by atoms with E-state index in [2.05, 4.69) is 15.3 Å². The number of primary amides is 1. The van der Waals surface area contributed by atoms with Crippen LogP contribution in [0.25, 0.3) is 16.6 Å². The molecule has 0 unspecified atom stereocenters. The number of aromatic nitrogens is 4. The second-order valence-electron chi connectivity index (χ2n) is 5.60. The minimum Gasteiger partial charge on any atom is -0.368 e. The molecule has 8 heteroatoms. The highest BCUT2D eigenvalue weighted by atomic mass is 16.2. The van der Waals surface area contributed by atoms with Crippen LogP contribution >= 0.6 is 0 Å². The number of likely N-dealkylation sites (N-methyl/N-ethyl adjacent to an activating group) is 1. The molecule has 2 amide bonds. The van der Waals surface area contributed by atoms with Gasteiger partial charge < -0.3 is 10.6 Å². The van der Waals surface area contributed by atoms with Crippen molar-refractivity contribution >= 4 is 22.7 Å². The first-order chi connectivity index (χ1) is 12.0. The second-order valence-corrected chi connectivity index (χ2v) is 5.60. The van der Waals surface area contributed by atoms with Crippen LogP contribution in [0, 0.1) is 6.92 Å². The van der Waals surface area contributed by atoms with Crippen LogP contribution in [-0.4, -0.2) is 49.8 Å². The Labute approximate surface area is 144 Å². The molecule has 3 aromatic rings. The van der Waals surface area contributed by atoms with E-state index in [9.17, 15) is 9.59 Å². The summed E-state index contributed by atoms with van der Waals surface area (Å²) in [5.74, 6) is -0.935. The largest absolute Gasteiger partial charge is 0.368 e. The summed E-state index contributed by atoms with van der Waals surface area (Å²) < 4.78 is 1.60. The summed E-state index contributed by atoms with van der Waals surface area (Å²) in [6.07, 6.45) is 1.73. The van der Waals surface area contributed by atoms with Gasteiger partial charge in [-0.05, 0) is 38.1 Å². The molecule has 1 aromatic carbocycles. The summed E-state index contributed by atoms with van der Waals surface area (Å²) in [6, 6.07) is 9.50. The zero-order chi connectivity index (χ0) is 18.0. The number of rotatable bonds is 5. The number of amides is 2. The summed E-state index contributed by atoms with van der Waals surface area (Å²) in [7, 11) is 0. The Morgan fingerprint density at radius 1 is 1.28 bits per heavy atom. The van der Waals surface area contributed by atoms with Gasteiger partial charge in [-0.15, -0.1) is 5.10 Å². The lowest BCUT2D eigenvalue weighted by molar-refractivity contribution is -0.118. The van der Waals surface area contributed by atoms with Gasteiger partial charge in [0.2, 0.25) is 5.91 Å². The molecule has 0 bridgehead atoms. The predicted octanol–water partition coefficient (Wildman–Crippen LogP) is 1.07. The maximum Gasteiger partial charge on any atom is 0.276 e. The molecule has 0 saturated heterocycles. The molecule has 128 valence electrons. The molecule has 0 fully saturated rings. The van der Waals surface area contributed by atoms with E-state index in [4.69, 9.17) is 5.73 Å². The summed E-state index contributed by atoms with van der Waals surface area (Å²) in [5.41, 5.74) is 7.64. The van der Waals surface area contributed by atoms with Crippen LogP contribution in [0.5, 0.6) is 0 Å². The Kier molecular flexibility index (Phi) is 4.42. The van der Waals surface area contributed by atoms with Crippen molar-refractivity contribution in [2.24, 2.45) is 5.73 Å². The van der Waals surface area contributed by atoms with Crippen LogP contribution < -0.4 is 5.73 Å². The van der Waals surface area contributed by atoms with Crippen LogP contribution in [0.1, 0.15) is 23.1 Å². The van der Waals surface area contributed by atoms with Gasteiger partial charge >= 0.3 is 0 Å². The third-order valence-corrected chi connectivity index (χ3v) is 3.94. The molecule has 0 radical (unpaired) electrons. The van der Waals surface area contributed by atoms with E-state index in [-0.39, 0.29) is 18.1 Å². The van der Waals surface area contributed by atoms with Crippen LogP contribution in [0.4, 0.5) is 0 Å². The van der Waals surface area contributed by atoms with Crippen LogP contribution in [-0.2, 0) is 4.79 Å². The van der Waals surface area contributed by atoms with Crippen LogP contribution in [0.3, 0.4) is 0 Å². The molecule has 0 aliphatic carbocycles. The monoisotopic (exact) mass is 338 g/mol. The number of hydrogen-bond donors (Lipinski definition) is 1. The molecule has 0 spiro atoms. The Morgan fingerprint density at radius 2 is 2.08 bits per heavy atom. The van der Waals surface area contributed by atoms with E-state index < -0.39 is 5.91 Å². The maximum absolute atomic E-state index is 12.6. The summed E-state index contributed by atoms with van der Waals surface area (Å²) in [5, 5.41) is 9.06. The molecule has 2 heterocycles. The lowest BCUT2D eigenvalue weighted by Gasteiger charge is -2.17. The second kappa shape index (κ2) is 6.68. The molecule has 25 heavy (non-hydrogen) atoms. The first-order valence-corrected chi connectivity index (χ1v) is 7.86. The number of nitrogens with two attached hydrogens (primary N) is 1. The Balaban J connectivity index is 1.97. The SMILES string of the molecule is CCN(CC(N)=O)C(=O)c1nnn(-c2ccc3ncccc3c2)c1C. The van der Waals surface area contributed by atoms with Crippen molar-refractivity contribution in [2.45, 2.75) is 13.8 Å². The number of carbonyl (C=O) groups is 2. The number of pyridine rings is 1. The fourth-order valence-corrected chi connectivity index (χ4v) is 2.63. The molecular formula is C17H18N6O2. The van der Waals surface area contributed by atoms with E-state index in [1.165, 1.54) is 4.90 Å². The van der Waals surface area contributed by atoms with Gasteiger partial charge in [-0.3, -0.25) is 14.6 Å². The van der Waals surface area contributed by atoms with Gasteiger partial charge in [0.15, 0.2) is 5.69 Å².